The zero-order valence-corrected chi connectivity index (χ0v) is 8.66. The van der Waals surface area contributed by atoms with E-state index < -0.39 is 0 Å². The van der Waals surface area contributed by atoms with Gasteiger partial charge in [-0.3, -0.25) is 9.36 Å². The second-order valence-electron chi connectivity index (χ2n) is 3.06. The minimum atomic E-state index is -0.0648. The number of rotatable bonds is 1. The van der Waals surface area contributed by atoms with Gasteiger partial charge in [-0.15, -0.1) is 0 Å². The lowest BCUT2D eigenvalue weighted by atomic mass is 10.3. The van der Waals surface area contributed by atoms with Crippen LogP contribution in [0.2, 0.25) is 0 Å². The van der Waals surface area contributed by atoms with Gasteiger partial charge in [0, 0.05) is 23.3 Å². The van der Waals surface area contributed by atoms with Crippen molar-refractivity contribution in [3.8, 4) is 0 Å². The number of nitrogens with zero attached hydrogens (tertiary/aromatic N) is 1. The smallest absolute Gasteiger partial charge is 0.252 e. The monoisotopic (exact) mass is 243 g/mol. The molecule has 1 unspecified atom stereocenters. The van der Waals surface area contributed by atoms with Gasteiger partial charge in [-0.2, -0.15) is 0 Å². The zero-order chi connectivity index (χ0) is 9.26. The fourth-order valence-electron chi connectivity index (χ4n) is 1.48. The summed E-state index contributed by atoms with van der Waals surface area (Å²) >= 11 is 3.33. The summed E-state index contributed by atoms with van der Waals surface area (Å²) in [5.74, 6) is 0. The van der Waals surface area contributed by atoms with Crippen LogP contribution in [0.3, 0.4) is 0 Å². The summed E-state index contributed by atoms with van der Waals surface area (Å²) in [7, 11) is 0. The molecule has 0 aliphatic carbocycles. The average molecular weight is 244 g/mol. The first-order chi connectivity index (χ1) is 6.27. The third-order valence-corrected chi connectivity index (χ3v) is 2.59. The van der Waals surface area contributed by atoms with E-state index in [2.05, 4.69) is 15.9 Å². The Morgan fingerprint density at radius 2 is 2.38 bits per heavy atom. The molecule has 1 aromatic heterocycles. The van der Waals surface area contributed by atoms with Crippen LogP contribution in [0.25, 0.3) is 0 Å². The predicted molar refractivity (Wildman–Crippen MR) is 52.6 cm³/mol. The minimum Gasteiger partial charge on any atom is -0.358 e. The van der Waals surface area contributed by atoms with Gasteiger partial charge in [0.2, 0.25) is 0 Å². The van der Waals surface area contributed by atoms with Crippen LogP contribution >= 0.6 is 15.9 Å². The summed E-state index contributed by atoms with van der Waals surface area (Å²) in [6.07, 6.45) is 3.67. The van der Waals surface area contributed by atoms with Gasteiger partial charge >= 0.3 is 0 Å². The molecule has 4 heteroatoms. The van der Waals surface area contributed by atoms with Crippen molar-refractivity contribution in [1.29, 1.82) is 0 Å². The molecule has 0 radical (unpaired) electrons. The molecule has 0 spiro atoms. The summed E-state index contributed by atoms with van der Waals surface area (Å²) in [5, 5.41) is 0. The van der Waals surface area contributed by atoms with Crippen molar-refractivity contribution in [3.63, 3.8) is 0 Å². The molecule has 0 N–H and O–H groups in total. The average Bonchev–Trinajstić information content (AvgIpc) is 2.61. The maximum atomic E-state index is 11.4. The Labute approximate surface area is 84.5 Å². The van der Waals surface area contributed by atoms with E-state index in [0.717, 1.165) is 23.9 Å². The maximum Gasteiger partial charge on any atom is 0.252 e. The van der Waals surface area contributed by atoms with Crippen LogP contribution in [0.1, 0.15) is 19.1 Å². The Bertz CT molecular complexity index is 355. The maximum absolute atomic E-state index is 11.4. The first kappa shape index (κ1) is 8.97. The fraction of sp³-hybridized carbons (Fsp3) is 0.444. The van der Waals surface area contributed by atoms with Crippen LogP contribution in [0.5, 0.6) is 0 Å². The molecule has 3 nitrogen and oxygen atoms in total. The van der Waals surface area contributed by atoms with Gasteiger partial charge < -0.3 is 4.74 Å². The molecular formula is C9H10BrNO2. The largest absolute Gasteiger partial charge is 0.358 e. The lowest BCUT2D eigenvalue weighted by molar-refractivity contribution is 0.0537. The number of aromatic nitrogens is 1. The lowest BCUT2D eigenvalue weighted by Gasteiger charge is -2.12. The van der Waals surface area contributed by atoms with Crippen molar-refractivity contribution in [2.24, 2.45) is 0 Å². The summed E-state index contributed by atoms with van der Waals surface area (Å²) < 4.78 is 7.96. The van der Waals surface area contributed by atoms with Gasteiger partial charge in [0.05, 0.1) is 0 Å². The quantitative estimate of drug-likeness (QED) is 0.755. The highest BCUT2D eigenvalue weighted by Gasteiger charge is 2.17. The Morgan fingerprint density at radius 1 is 1.54 bits per heavy atom. The highest BCUT2D eigenvalue weighted by molar-refractivity contribution is 9.10. The Hall–Kier alpha value is -0.610. The van der Waals surface area contributed by atoms with E-state index >= 15 is 0 Å². The summed E-state index contributed by atoms with van der Waals surface area (Å²) in [5.41, 5.74) is -0.00454. The Balaban J connectivity index is 2.37. The molecule has 1 aliphatic heterocycles. The molecule has 1 saturated heterocycles. The van der Waals surface area contributed by atoms with E-state index in [1.165, 1.54) is 0 Å². The summed E-state index contributed by atoms with van der Waals surface area (Å²) in [6.45, 7) is 0.754. The third kappa shape index (κ3) is 1.84. The van der Waals surface area contributed by atoms with E-state index in [4.69, 9.17) is 4.74 Å². The van der Waals surface area contributed by atoms with Crippen LogP contribution in [0.15, 0.2) is 27.6 Å². The van der Waals surface area contributed by atoms with Crippen LogP contribution < -0.4 is 5.56 Å². The van der Waals surface area contributed by atoms with E-state index in [-0.39, 0.29) is 11.8 Å². The second-order valence-corrected chi connectivity index (χ2v) is 3.98. The number of hydrogen-bond acceptors (Lipinski definition) is 2. The van der Waals surface area contributed by atoms with Crippen LogP contribution in [0, 0.1) is 0 Å². The highest BCUT2D eigenvalue weighted by Crippen LogP contribution is 2.21. The molecule has 70 valence electrons. The van der Waals surface area contributed by atoms with Crippen molar-refractivity contribution >= 4 is 15.9 Å². The van der Waals surface area contributed by atoms with Crippen molar-refractivity contribution in [2.75, 3.05) is 6.61 Å². The molecule has 1 fully saturated rings. The van der Waals surface area contributed by atoms with E-state index in [0.29, 0.717) is 0 Å². The molecule has 0 amide bonds. The van der Waals surface area contributed by atoms with Crippen molar-refractivity contribution in [3.05, 3.63) is 33.2 Å². The summed E-state index contributed by atoms with van der Waals surface area (Å²) in [4.78, 5) is 11.4. The molecule has 13 heavy (non-hydrogen) atoms. The molecule has 0 aromatic carbocycles. The molecule has 2 rings (SSSR count). The van der Waals surface area contributed by atoms with E-state index in [1.54, 1.807) is 22.9 Å². The molecule has 0 saturated carbocycles. The second kappa shape index (κ2) is 3.64. The standard InChI is InChI=1S/C9H10BrNO2/c10-7-3-4-8(12)11(6-7)9-2-1-5-13-9/h3-4,6,9H,1-2,5H2. The zero-order valence-electron chi connectivity index (χ0n) is 7.07. The highest BCUT2D eigenvalue weighted by atomic mass is 79.9. The van der Waals surface area contributed by atoms with Gasteiger partial charge in [0.25, 0.3) is 5.56 Å². The Morgan fingerprint density at radius 3 is 3.08 bits per heavy atom. The van der Waals surface area contributed by atoms with E-state index in [1.807, 2.05) is 0 Å². The van der Waals surface area contributed by atoms with Gasteiger partial charge in [-0.25, -0.2) is 0 Å². The molecular weight excluding hydrogens is 234 g/mol. The Kier molecular flexibility index (Phi) is 2.51. The lowest BCUT2D eigenvalue weighted by Crippen LogP contribution is -2.22. The first-order valence-electron chi connectivity index (χ1n) is 4.27. The SMILES string of the molecule is O=c1ccc(Br)cn1C1CCCO1. The first-order valence-corrected chi connectivity index (χ1v) is 5.06. The number of ether oxygens (including phenoxy) is 1. The fourth-order valence-corrected chi connectivity index (χ4v) is 1.83. The van der Waals surface area contributed by atoms with Crippen molar-refractivity contribution < 1.29 is 4.74 Å². The third-order valence-electron chi connectivity index (χ3n) is 2.12. The van der Waals surface area contributed by atoms with Crippen molar-refractivity contribution in [2.45, 2.75) is 19.1 Å². The van der Waals surface area contributed by atoms with E-state index in [9.17, 15) is 4.79 Å². The topological polar surface area (TPSA) is 31.2 Å². The molecule has 2 heterocycles. The number of hydrogen-bond donors (Lipinski definition) is 0. The van der Waals surface area contributed by atoms with Gasteiger partial charge in [-0.05, 0) is 34.8 Å². The van der Waals surface area contributed by atoms with Crippen molar-refractivity contribution in [1.82, 2.24) is 4.57 Å². The van der Waals surface area contributed by atoms with Crippen LogP contribution in [0.4, 0.5) is 0 Å². The minimum absolute atomic E-state index is 0.00454. The van der Waals surface area contributed by atoms with Crippen LogP contribution in [-0.4, -0.2) is 11.2 Å². The predicted octanol–water partition coefficient (Wildman–Crippen LogP) is 1.92. The molecule has 1 aromatic rings. The number of halogens is 1. The van der Waals surface area contributed by atoms with Crippen LogP contribution in [-0.2, 0) is 4.74 Å². The summed E-state index contributed by atoms with van der Waals surface area (Å²) in [6, 6.07) is 3.29. The van der Waals surface area contributed by atoms with Gasteiger partial charge in [0.1, 0.15) is 6.23 Å². The van der Waals surface area contributed by atoms with Gasteiger partial charge in [0.15, 0.2) is 0 Å². The normalized spacial score (nSPS) is 22.1. The van der Waals surface area contributed by atoms with Gasteiger partial charge in [-0.1, -0.05) is 0 Å². The number of pyridine rings is 1. The molecule has 0 bridgehead atoms. The molecule has 1 aliphatic rings. The molecule has 1 atom stereocenters.